The summed E-state index contributed by atoms with van der Waals surface area (Å²) in [6.45, 7) is 2.32. The molecule has 0 aliphatic carbocycles. The number of rotatable bonds is 13. The molecule has 5 rings (SSSR count). The molecule has 0 aromatic carbocycles. The van der Waals surface area contributed by atoms with Crippen molar-refractivity contribution in [2.24, 2.45) is 0 Å². The van der Waals surface area contributed by atoms with Gasteiger partial charge in [0.25, 0.3) is 0 Å². The van der Waals surface area contributed by atoms with E-state index in [2.05, 4.69) is 10.6 Å². The summed E-state index contributed by atoms with van der Waals surface area (Å²) in [5, 5.41) is 142. The van der Waals surface area contributed by atoms with E-state index in [0.29, 0.717) is 0 Å². The highest BCUT2D eigenvalue weighted by Crippen LogP contribution is 2.35. The predicted octanol–water partition coefficient (Wildman–Crippen LogP) is -9.58. The fourth-order valence-electron chi connectivity index (χ4n) is 7.62. The van der Waals surface area contributed by atoms with Crippen molar-refractivity contribution in [2.45, 2.75) is 181 Å². The van der Waals surface area contributed by atoms with Crippen molar-refractivity contribution in [2.75, 3.05) is 19.8 Å². The molecule has 26 nitrogen and oxygen atoms in total. The van der Waals surface area contributed by atoms with Gasteiger partial charge in [-0.25, -0.2) is 0 Å². The number of ether oxygens (including phenoxy) is 9. The van der Waals surface area contributed by atoms with Crippen LogP contribution >= 0.6 is 0 Å². The van der Waals surface area contributed by atoms with Crippen LogP contribution < -0.4 is 10.6 Å². The Morgan fingerprint density at radius 2 is 0.917 bits per heavy atom. The van der Waals surface area contributed by atoms with Gasteiger partial charge in [-0.1, -0.05) is 0 Å². The lowest BCUT2D eigenvalue weighted by Gasteiger charge is -2.51. The number of carbonyl (C=O) groups excluding carboxylic acids is 2. The summed E-state index contributed by atoms with van der Waals surface area (Å²) in [6.07, 6.45) is -39.3. The minimum Gasteiger partial charge on any atom is -0.394 e. The second-order valence-corrected chi connectivity index (χ2v) is 15.4. The number of carbonyl (C=O) groups is 2. The van der Waals surface area contributed by atoms with Gasteiger partial charge >= 0.3 is 0 Å². The predicted molar refractivity (Wildman–Crippen MR) is 187 cm³/mol. The average Bonchev–Trinajstić information content (AvgIpc) is 3.20. The quantitative estimate of drug-likeness (QED) is 0.0817. The van der Waals surface area contributed by atoms with Crippen LogP contribution in [-0.2, 0) is 52.2 Å². The van der Waals surface area contributed by atoms with E-state index in [1.807, 2.05) is 0 Å². The molecule has 26 heteroatoms. The lowest BCUT2D eigenvalue weighted by Crippen LogP contribution is -2.71. The van der Waals surface area contributed by atoms with E-state index in [-0.39, 0.29) is 0 Å². The van der Waals surface area contributed by atoms with Crippen LogP contribution in [0, 0.1) is 0 Å². The van der Waals surface area contributed by atoms with Gasteiger partial charge in [-0.3, -0.25) is 9.59 Å². The molecule has 5 fully saturated rings. The normalized spacial score (nSPS) is 50.2. The highest BCUT2D eigenvalue weighted by atomic mass is 16.8. The lowest BCUT2D eigenvalue weighted by molar-refractivity contribution is -0.377. The zero-order valence-corrected chi connectivity index (χ0v) is 32.9. The molecule has 5 aliphatic heterocycles. The highest BCUT2D eigenvalue weighted by Gasteiger charge is 2.56. The van der Waals surface area contributed by atoms with Crippen molar-refractivity contribution in [1.29, 1.82) is 0 Å². The second kappa shape index (κ2) is 20.7. The van der Waals surface area contributed by atoms with Gasteiger partial charge in [-0.2, -0.15) is 0 Å². The molecule has 348 valence electrons. The average molecular weight is 879 g/mol. The van der Waals surface area contributed by atoms with E-state index in [1.165, 1.54) is 13.8 Å². The fourth-order valence-corrected chi connectivity index (χ4v) is 7.62. The zero-order chi connectivity index (χ0) is 44.5. The molecule has 0 bridgehead atoms. The van der Waals surface area contributed by atoms with Gasteiger partial charge in [0.15, 0.2) is 31.5 Å². The van der Waals surface area contributed by atoms with Crippen molar-refractivity contribution < 1.29 is 119 Å². The Hall–Kier alpha value is -1.94. The molecule has 0 spiro atoms. The minimum atomic E-state index is -1.99. The maximum absolute atomic E-state index is 12.6. The molecule has 2 amide bonds. The highest BCUT2D eigenvalue weighted by molar-refractivity contribution is 5.73. The van der Waals surface area contributed by atoms with Crippen LogP contribution in [0.4, 0.5) is 0 Å². The van der Waals surface area contributed by atoms with Gasteiger partial charge in [-0.05, 0) is 13.8 Å². The zero-order valence-electron chi connectivity index (χ0n) is 32.9. The largest absolute Gasteiger partial charge is 0.394 e. The van der Waals surface area contributed by atoms with Gasteiger partial charge < -0.3 is 120 Å². The Morgan fingerprint density at radius 1 is 0.467 bits per heavy atom. The van der Waals surface area contributed by atoms with Crippen molar-refractivity contribution in [3.05, 3.63) is 0 Å². The third kappa shape index (κ3) is 10.5. The number of hydrogen-bond acceptors (Lipinski definition) is 24. The number of aliphatic hydroxyl groups is 13. The van der Waals surface area contributed by atoms with Crippen LogP contribution in [0.3, 0.4) is 0 Å². The van der Waals surface area contributed by atoms with Crippen molar-refractivity contribution in [3.63, 3.8) is 0 Å². The first-order valence-corrected chi connectivity index (χ1v) is 19.3. The molecule has 25 atom stereocenters. The summed E-state index contributed by atoms with van der Waals surface area (Å²) in [5.74, 6) is -1.55. The van der Waals surface area contributed by atoms with E-state index in [4.69, 9.17) is 42.6 Å². The van der Waals surface area contributed by atoms with Crippen molar-refractivity contribution in [1.82, 2.24) is 10.6 Å². The summed E-state index contributed by atoms with van der Waals surface area (Å²) < 4.78 is 52.3. The van der Waals surface area contributed by atoms with Crippen LogP contribution in [0.1, 0.15) is 27.7 Å². The van der Waals surface area contributed by atoms with Gasteiger partial charge in [0.05, 0.1) is 32.0 Å². The summed E-state index contributed by atoms with van der Waals surface area (Å²) in [6, 6.07) is -3.32. The smallest absolute Gasteiger partial charge is 0.217 e. The van der Waals surface area contributed by atoms with Gasteiger partial charge in [0, 0.05) is 13.8 Å². The van der Waals surface area contributed by atoms with Crippen LogP contribution in [-0.4, -0.2) is 251 Å². The van der Waals surface area contributed by atoms with E-state index in [1.54, 1.807) is 0 Å². The molecule has 5 saturated heterocycles. The molecule has 0 unspecified atom stereocenters. The van der Waals surface area contributed by atoms with Crippen LogP contribution in [0.5, 0.6) is 0 Å². The van der Waals surface area contributed by atoms with E-state index in [9.17, 15) is 76.0 Å². The third-order valence-corrected chi connectivity index (χ3v) is 11.0. The Bertz CT molecular complexity index is 1400. The molecule has 0 aromatic rings. The van der Waals surface area contributed by atoms with Crippen LogP contribution in [0.2, 0.25) is 0 Å². The molecule has 5 aliphatic rings. The molecular weight excluding hydrogens is 820 g/mol. The number of amides is 2. The number of hydrogen-bond donors (Lipinski definition) is 15. The van der Waals surface area contributed by atoms with Crippen LogP contribution in [0.25, 0.3) is 0 Å². The molecule has 0 radical (unpaired) electrons. The molecule has 15 N–H and O–H groups in total. The number of nitrogens with one attached hydrogen (secondary N) is 2. The van der Waals surface area contributed by atoms with E-state index in [0.717, 1.165) is 13.8 Å². The maximum Gasteiger partial charge on any atom is 0.217 e. The molecule has 60 heavy (non-hydrogen) atoms. The van der Waals surface area contributed by atoms with E-state index < -0.39 is 185 Å². The Kier molecular flexibility index (Phi) is 16.9. The first-order valence-electron chi connectivity index (χ1n) is 19.3. The monoisotopic (exact) mass is 878 g/mol. The van der Waals surface area contributed by atoms with Gasteiger partial charge in [0.1, 0.15) is 110 Å². The standard InChI is InChI=1S/C34H58N2O24/c1-8-17(41)21(45)24(48)32(53-8)52-7-14-28(29(16(30(51)55-14)36-11(4)40)60-33-25(49)22(46)18(42)9(2)54-33)59-31-15(35-10(3)39)20(44)27(13(6-38)57-31)58-34-26(50)23(47)19(43)12(5-37)56-34/h8-9,12-34,37-38,41-51H,5-7H2,1-4H3,(H,35,39)(H,36,40)/t8-,9-,12+,13+,14+,15+,16+,17+,18+,19+,20+,21+,22+,23-,24-,25-,26-,27+,28+,29+,30+,31-,32-,33+,34-/m0/s1. The van der Waals surface area contributed by atoms with Crippen molar-refractivity contribution >= 4 is 11.8 Å². The van der Waals surface area contributed by atoms with Gasteiger partial charge in [-0.15, -0.1) is 0 Å². The molecular formula is C34H58N2O24. The summed E-state index contributed by atoms with van der Waals surface area (Å²) in [5.41, 5.74) is 0. The van der Waals surface area contributed by atoms with Crippen molar-refractivity contribution in [3.8, 4) is 0 Å². The Morgan fingerprint density at radius 3 is 1.47 bits per heavy atom. The SMILES string of the molecule is CC(=O)N[C@@H]1[C@@H](O[C@H]2O[C@@H](C)[C@@H](O)[C@@H](O)[C@@H]2O)[C@H](O[C@@H]2O[C@H](CO)[C@@H](O[C@@H]3O[C@H](CO)[C@@H](O)[C@H](O)[C@@H]3O)[C@H](O)[C@H]2NC(C)=O)[C@@H](CO[C@H]2O[C@@H](C)[C@@H](O)[C@@H](O)[C@@H]2O)O[C@H]1O. The maximum atomic E-state index is 12.6. The molecule has 0 saturated carbocycles. The Labute approximate surface area is 342 Å². The lowest BCUT2D eigenvalue weighted by atomic mass is 9.93. The summed E-state index contributed by atoms with van der Waals surface area (Å²) >= 11 is 0. The van der Waals surface area contributed by atoms with Gasteiger partial charge in [0.2, 0.25) is 11.8 Å². The summed E-state index contributed by atoms with van der Waals surface area (Å²) in [4.78, 5) is 25.1. The topological polar surface area (TPSA) is 404 Å². The molecule has 5 heterocycles. The first-order chi connectivity index (χ1) is 28.2. The number of aliphatic hydroxyl groups excluding tert-OH is 13. The first kappa shape index (κ1) is 49.1. The van der Waals surface area contributed by atoms with Crippen LogP contribution in [0.15, 0.2) is 0 Å². The molecule has 0 aromatic heterocycles. The minimum absolute atomic E-state index is 0.732. The van der Waals surface area contributed by atoms with E-state index >= 15 is 0 Å². The summed E-state index contributed by atoms with van der Waals surface area (Å²) in [7, 11) is 0. The fraction of sp³-hybridized carbons (Fsp3) is 0.941. The third-order valence-electron chi connectivity index (χ3n) is 11.0. The Balaban J connectivity index is 1.51. The second-order valence-electron chi connectivity index (χ2n) is 15.4.